The topological polar surface area (TPSA) is 34.9 Å². The molecule has 0 aliphatic heterocycles. The Morgan fingerprint density at radius 1 is 1.04 bits per heavy atom. The lowest BCUT2D eigenvalue weighted by Gasteiger charge is -2.14. The quantitative estimate of drug-likeness (QED) is 0.453. The maximum absolute atomic E-state index is 15.2. The van der Waals surface area contributed by atoms with Crippen LogP contribution in [-0.4, -0.2) is 9.55 Å². The van der Waals surface area contributed by atoms with E-state index < -0.39 is 6.17 Å². The van der Waals surface area contributed by atoms with Gasteiger partial charge >= 0.3 is 0 Å². The largest absolute Gasteiger partial charge is 0.296 e. The minimum Gasteiger partial charge on any atom is -0.296 e. The summed E-state index contributed by atoms with van der Waals surface area (Å²) in [6.07, 6.45) is 0.151. The van der Waals surface area contributed by atoms with Crippen molar-refractivity contribution < 1.29 is 4.39 Å². The molecule has 4 aromatic rings. The zero-order chi connectivity index (χ0) is 19.8. The molecule has 28 heavy (non-hydrogen) atoms. The van der Waals surface area contributed by atoms with Crippen LogP contribution in [-0.2, 0) is 7.05 Å². The fourth-order valence-electron chi connectivity index (χ4n) is 3.36. The molecule has 1 unspecified atom stereocenters. The highest BCUT2D eigenvalue weighted by molar-refractivity contribution is 6.30. The lowest BCUT2D eigenvalue weighted by Crippen LogP contribution is -2.17. The number of hydrogen-bond acceptors (Lipinski definition) is 2. The number of rotatable bonds is 3. The first-order valence-corrected chi connectivity index (χ1v) is 9.28. The average Bonchev–Trinajstić information content (AvgIpc) is 2.70. The first kappa shape index (κ1) is 18.4. The van der Waals surface area contributed by atoms with Crippen molar-refractivity contribution in [2.24, 2.45) is 7.05 Å². The van der Waals surface area contributed by atoms with Crippen LogP contribution in [0.2, 0.25) is 5.02 Å². The first-order chi connectivity index (χ1) is 13.4. The van der Waals surface area contributed by atoms with Crippen molar-refractivity contribution in [3.8, 4) is 11.1 Å². The molecule has 2 aromatic carbocycles. The molecule has 0 N–H and O–H groups in total. The molecular formula is C23H18ClFN2O. The van der Waals surface area contributed by atoms with Gasteiger partial charge in [0.25, 0.3) is 5.56 Å². The molecule has 140 valence electrons. The summed E-state index contributed by atoms with van der Waals surface area (Å²) in [5.74, 6) is 0. The van der Waals surface area contributed by atoms with Crippen LogP contribution >= 0.6 is 11.6 Å². The van der Waals surface area contributed by atoms with Crippen molar-refractivity contribution in [3.05, 3.63) is 98.9 Å². The number of pyridine rings is 2. The number of aryl methyl sites for hydroxylation is 2. The Labute approximate surface area is 167 Å². The third kappa shape index (κ3) is 3.32. The van der Waals surface area contributed by atoms with Gasteiger partial charge in [-0.3, -0.25) is 9.36 Å². The molecule has 0 bridgehead atoms. The standard InChI is InChI=1S/C23H18ClFN2O/c1-14-4-3-5-16(10-14)19-12-21(28)27(2)23-20(19)11-17(13-26-23)22(25)15-6-8-18(24)9-7-15/h3-13,22H,1-2H3. The van der Waals surface area contributed by atoms with Gasteiger partial charge in [-0.05, 0) is 41.8 Å². The van der Waals surface area contributed by atoms with E-state index in [0.29, 0.717) is 21.8 Å². The van der Waals surface area contributed by atoms with Crippen molar-refractivity contribution in [1.82, 2.24) is 9.55 Å². The van der Waals surface area contributed by atoms with Gasteiger partial charge in [0.1, 0.15) is 5.65 Å². The van der Waals surface area contributed by atoms with E-state index in [0.717, 1.165) is 22.1 Å². The molecule has 0 saturated heterocycles. The number of benzene rings is 2. The van der Waals surface area contributed by atoms with E-state index in [1.807, 2.05) is 31.2 Å². The van der Waals surface area contributed by atoms with E-state index in [9.17, 15) is 4.79 Å². The summed E-state index contributed by atoms with van der Waals surface area (Å²) in [5, 5.41) is 1.30. The van der Waals surface area contributed by atoms with Gasteiger partial charge in [0.2, 0.25) is 0 Å². The van der Waals surface area contributed by atoms with Crippen LogP contribution in [0.4, 0.5) is 4.39 Å². The van der Waals surface area contributed by atoms with Crippen molar-refractivity contribution in [2.45, 2.75) is 13.1 Å². The molecule has 0 amide bonds. The van der Waals surface area contributed by atoms with E-state index in [1.54, 1.807) is 43.4 Å². The zero-order valence-corrected chi connectivity index (χ0v) is 16.2. The number of fused-ring (bicyclic) bond motifs is 1. The van der Waals surface area contributed by atoms with Crippen LogP contribution in [0.25, 0.3) is 22.2 Å². The minimum atomic E-state index is -1.34. The van der Waals surface area contributed by atoms with Crippen LogP contribution in [0.15, 0.2) is 71.7 Å². The Morgan fingerprint density at radius 2 is 1.79 bits per heavy atom. The number of alkyl halides is 1. The van der Waals surface area contributed by atoms with Crippen LogP contribution in [0.5, 0.6) is 0 Å². The minimum absolute atomic E-state index is 0.154. The molecule has 3 nitrogen and oxygen atoms in total. The molecule has 0 aliphatic carbocycles. The number of aromatic nitrogens is 2. The second-order valence-corrected chi connectivity index (χ2v) is 7.32. The molecule has 4 rings (SSSR count). The molecule has 2 aromatic heterocycles. The third-order valence-corrected chi connectivity index (χ3v) is 5.13. The van der Waals surface area contributed by atoms with E-state index in [2.05, 4.69) is 4.98 Å². The zero-order valence-electron chi connectivity index (χ0n) is 15.5. The number of nitrogens with zero attached hydrogens (tertiary/aromatic N) is 2. The molecule has 0 radical (unpaired) electrons. The summed E-state index contributed by atoms with van der Waals surface area (Å²) < 4.78 is 16.6. The molecule has 0 aliphatic rings. The lowest BCUT2D eigenvalue weighted by molar-refractivity contribution is 0.401. The smallest absolute Gasteiger partial charge is 0.252 e. The molecule has 0 fully saturated rings. The Bertz CT molecular complexity index is 1230. The fourth-order valence-corrected chi connectivity index (χ4v) is 3.48. The van der Waals surface area contributed by atoms with Crippen LogP contribution in [0, 0.1) is 6.92 Å². The highest BCUT2D eigenvalue weighted by Gasteiger charge is 2.17. The normalized spacial score (nSPS) is 12.3. The van der Waals surface area contributed by atoms with Crippen molar-refractivity contribution in [1.29, 1.82) is 0 Å². The fraction of sp³-hybridized carbons (Fsp3) is 0.130. The predicted octanol–water partition coefficient (Wildman–Crippen LogP) is 5.62. The van der Waals surface area contributed by atoms with Gasteiger partial charge in [-0.15, -0.1) is 0 Å². The summed E-state index contributed by atoms with van der Waals surface area (Å²) >= 11 is 5.91. The monoisotopic (exact) mass is 392 g/mol. The van der Waals surface area contributed by atoms with Gasteiger partial charge in [-0.2, -0.15) is 0 Å². The maximum Gasteiger partial charge on any atom is 0.252 e. The predicted molar refractivity (Wildman–Crippen MR) is 112 cm³/mol. The second-order valence-electron chi connectivity index (χ2n) is 6.88. The summed E-state index contributed by atoms with van der Waals surface area (Å²) in [5.41, 5.74) is 4.05. The van der Waals surface area contributed by atoms with Crippen LogP contribution in [0.1, 0.15) is 22.9 Å². The lowest BCUT2D eigenvalue weighted by atomic mass is 9.98. The Hall–Kier alpha value is -2.98. The highest BCUT2D eigenvalue weighted by Crippen LogP contribution is 2.32. The maximum atomic E-state index is 15.2. The number of hydrogen-bond donors (Lipinski definition) is 0. The average molecular weight is 393 g/mol. The van der Waals surface area contributed by atoms with Gasteiger partial charge < -0.3 is 0 Å². The highest BCUT2D eigenvalue weighted by atomic mass is 35.5. The van der Waals surface area contributed by atoms with Crippen LogP contribution < -0.4 is 5.56 Å². The van der Waals surface area contributed by atoms with Crippen LogP contribution in [0.3, 0.4) is 0 Å². The summed E-state index contributed by atoms with van der Waals surface area (Å²) in [6, 6.07) is 17.9. The first-order valence-electron chi connectivity index (χ1n) is 8.90. The summed E-state index contributed by atoms with van der Waals surface area (Å²) in [6.45, 7) is 1.99. The van der Waals surface area contributed by atoms with E-state index in [1.165, 1.54) is 10.8 Å². The van der Waals surface area contributed by atoms with Crippen molar-refractivity contribution in [3.63, 3.8) is 0 Å². The number of halogens is 2. The van der Waals surface area contributed by atoms with Gasteiger partial charge in [-0.1, -0.05) is 53.6 Å². The summed E-state index contributed by atoms with van der Waals surface area (Å²) in [4.78, 5) is 16.8. The van der Waals surface area contributed by atoms with Gasteiger partial charge in [-0.25, -0.2) is 9.37 Å². The van der Waals surface area contributed by atoms with E-state index in [-0.39, 0.29) is 5.56 Å². The molecule has 0 spiro atoms. The molecular weight excluding hydrogens is 375 g/mol. The van der Waals surface area contributed by atoms with Crippen molar-refractivity contribution >= 4 is 22.6 Å². The Balaban J connectivity index is 1.92. The summed E-state index contributed by atoms with van der Waals surface area (Å²) in [7, 11) is 1.67. The second kappa shape index (κ2) is 7.21. The molecule has 0 saturated carbocycles. The van der Waals surface area contributed by atoms with Gasteiger partial charge in [0.05, 0.1) is 0 Å². The molecule has 5 heteroatoms. The molecule has 2 heterocycles. The van der Waals surface area contributed by atoms with E-state index >= 15 is 4.39 Å². The van der Waals surface area contributed by atoms with Gasteiger partial charge in [0.15, 0.2) is 6.17 Å². The van der Waals surface area contributed by atoms with E-state index in [4.69, 9.17) is 11.6 Å². The Morgan fingerprint density at radius 3 is 2.50 bits per heavy atom. The third-order valence-electron chi connectivity index (χ3n) is 4.88. The van der Waals surface area contributed by atoms with Crippen molar-refractivity contribution in [2.75, 3.05) is 0 Å². The SMILES string of the molecule is Cc1cccc(-c2cc(=O)n(C)c3ncc(C(F)c4ccc(Cl)cc4)cc23)c1. The molecule has 1 atom stereocenters. The van der Waals surface area contributed by atoms with Gasteiger partial charge in [0, 0.05) is 35.3 Å². The Kier molecular flexibility index (Phi) is 4.73.